The number of rotatable bonds is 0. The first kappa shape index (κ1) is 7.03. The summed E-state index contributed by atoms with van der Waals surface area (Å²) in [5, 5.41) is 9.12. The average Bonchev–Trinajstić information content (AvgIpc) is 1.97. The van der Waals surface area contributed by atoms with Crippen LogP contribution in [0.25, 0.3) is 0 Å². The first-order chi connectivity index (χ1) is 4.29. The van der Waals surface area contributed by atoms with E-state index in [-0.39, 0.29) is 12.1 Å². The maximum atomic E-state index is 9.12. The molecule has 2 N–H and O–H groups in total. The molecule has 0 saturated heterocycles. The van der Waals surface area contributed by atoms with Gasteiger partial charge in [0.2, 0.25) is 0 Å². The van der Waals surface area contributed by atoms with E-state index in [1.165, 1.54) is 0 Å². The minimum Gasteiger partial charge on any atom is -0.393 e. The second-order valence-corrected chi connectivity index (χ2v) is 2.86. The fourth-order valence-electron chi connectivity index (χ4n) is 1.28. The molecule has 1 aliphatic rings. The van der Waals surface area contributed by atoms with E-state index >= 15 is 0 Å². The molecule has 2 atom stereocenters. The summed E-state index contributed by atoms with van der Waals surface area (Å²) in [7, 11) is 0. The Morgan fingerprint density at radius 2 is 1.89 bits per heavy atom. The normalized spacial score (nSPS) is 38.0. The summed E-state index contributed by atoms with van der Waals surface area (Å²) in [6.45, 7) is 0. The molecular formula is C7H14NO. The zero-order valence-corrected chi connectivity index (χ0v) is 5.64. The molecule has 1 saturated carbocycles. The van der Waals surface area contributed by atoms with Crippen molar-refractivity contribution in [1.82, 2.24) is 5.73 Å². The van der Waals surface area contributed by atoms with Gasteiger partial charge in [0, 0.05) is 6.04 Å². The molecule has 0 aliphatic heterocycles. The third-order valence-corrected chi connectivity index (χ3v) is 1.94. The Labute approximate surface area is 56.1 Å². The monoisotopic (exact) mass is 128 g/mol. The molecule has 0 aromatic carbocycles. The molecule has 0 aromatic rings. The van der Waals surface area contributed by atoms with Gasteiger partial charge in [-0.3, -0.25) is 5.73 Å². The van der Waals surface area contributed by atoms with E-state index in [1.807, 2.05) is 0 Å². The van der Waals surface area contributed by atoms with Crippen LogP contribution in [0.2, 0.25) is 0 Å². The zero-order valence-electron chi connectivity index (χ0n) is 5.64. The molecule has 0 spiro atoms. The summed E-state index contributed by atoms with van der Waals surface area (Å²) in [4.78, 5) is 0. The molecular weight excluding hydrogens is 114 g/mol. The molecule has 1 rings (SSSR count). The SMILES string of the molecule is [NH]C1CCCC(O)CC1. The molecule has 1 radical (unpaired) electrons. The number of nitrogens with one attached hydrogen (secondary N) is 1. The van der Waals surface area contributed by atoms with Crippen LogP contribution in [0.3, 0.4) is 0 Å². The largest absolute Gasteiger partial charge is 0.393 e. The number of aliphatic hydroxyl groups excluding tert-OH is 1. The van der Waals surface area contributed by atoms with Gasteiger partial charge in [0.25, 0.3) is 0 Å². The summed E-state index contributed by atoms with van der Waals surface area (Å²) in [6.07, 6.45) is 4.55. The second-order valence-electron chi connectivity index (χ2n) is 2.86. The summed E-state index contributed by atoms with van der Waals surface area (Å²) < 4.78 is 0. The molecule has 1 fully saturated rings. The number of hydrogen-bond acceptors (Lipinski definition) is 1. The summed E-state index contributed by atoms with van der Waals surface area (Å²) in [5.74, 6) is 0. The minimum atomic E-state index is -0.111. The predicted octanol–water partition coefficient (Wildman–Crippen LogP) is 0.963. The molecule has 2 heteroatoms. The molecule has 0 heterocycles. The third kappa shape index (κ3) is 2.33. The highest BCUT2D eigenvalue weighted by atomic mass is 16.3. The van der Waals surface area contributed by atoms with Crippen molar-refractivity contribution in [1.29, 1.82) is 0 Å². The van der Waals surface area contributed by atoms with Crippen LogP contribution in [0, 0.1) is 0 Å². The van der Waals surface area contributed by atoms with E-state index < -0.39 is 0 Å². The topological polar surface area (TPSA) is 44.0 Å². The van der Waals surface area contributed by atoms with Crippen molar-refractivity contribution in [2.75, 3.05) is 0 Å². The van der Waals surface area contributed by atoms with Gasteiger partial charge >= 0.3 is 0 Å². The highest BCUT2D eigenvalue weighted by Crippen LogP contribution is 2.16. The van der Waals surface area contributed by atoms with Crippen molar-refractivity contribution in [2.24, 2.45) is 0 Å². The van der Waals surface area contributed by atoms with E-state index in [9.17, 15) is 0 Å². The van der Waals surface area contributed by atoms with Crippen LogP contribution in [-0.2, 0) is 0 Å². The molecule has 2 unspecified atom stereocenters. The van der Waals surface area contributed by atoms with Gasteiger partial charge < -0.3 is 5.11 Å². The fraction of sp³-hybridized carbons (Fsp3) is 1.00. The van der Waals surface area contributed by atoms with Crippen molar-refractivity contribution >= 4 is 0 Å². The van der Waals surface area contributed by atoms with E-state index in [4.69, 9.17) is 10.8 Å². The van der Waals surface area contributed by atoms with Crippen molar-refractivity contribution in [3.8, 4) is 0 Å². The average molecular weight is 128 g/mol. The highest BCUT2D eigenvalue weighted by Gasteiger charge is 2.13. The van der Waals surface area contributed by atoms with Crippen molar-refractivity contribution in [3.63, 3.8) is 0 Å². The van der Waals surface area contributed by atoms with E-state index in [0.29, 0.717) is 0 Å². The van der Waals surface area contributed by atoms with Gasteiger partial charge in [-0.2, -0.15) is 0 Å². The molecule has 53 valence electrons. The number of aliphatic hydroxyl groups is 1. The molecule has 0 aromatic heterocycles. The van der Waals surface area contributed by atoms with E-state index in [2.05, 4.69) is 0 Å². The lowest BCUT2D eigenvalue weighted by Gasteiger charge is -2.04. The Morgan fingerprint density at radius 3 is 2.67 bits per heavy atom. The molecule has 0 bridgehead atoms. The summed E-state index contributed by atoms with van der Waals surface area (Å²) in [5.41, 5.74) is 7.39. The van der Waals surface area contributed by atoms with Crippen molar-refractivity contribution in [2.45, 2.75) is 44.2 Å². The molecule has 9 heavy (non-hydrogen) atoms. The van der Waals surface area contributed by atoms with E-state index in [0.717, 1.165) is 32.1 Å². The van der Waals surface area contributed by atoms with Crippen LogP contribution >= 0.6 is 0 Å². The van der Waals surface area contributed by atoms with Crippen molar-refractivity contribution in [3.05, 3.63) is 0 Å². The smallest absolute Gasteiger partial charge is 0.0540 e. The first-order valence-corrected chi connectivity index (χ1v) is 3.68. The Hall–Kier alpha value is -0.0800. The van der Waals surface area contributed by atoms with Gasteiger partial charge in [0.05, 0.1) is 6.10 Å². The fourth-order valence-corrected chi connectivity index (χ4v) is 1.28. The van der Waals surface area contributed by atoms with Gasteiger partial charge in [-0.25, -0.2) is 0 Å². The maximum Gasteiger partial charge on any atom is 0.0540 e. The van der Waals surface area contributed by atoms with Crippen LogP contribution in [0.4, 0.5) is 0 Å². The lowest BCUT2D eigenvalue weighted by atomic mass is 10.1. The lowest BCUT2D eigenvalue weighted by Crippen LogP contribution is -2.07. The molecule has 1 aliphatic carbocycles. The van der Waals surface area contributed by atoms with Crippen LogP contribution < -0.4 is 5.73 Å². The predicted molar refractivity (Wildman–Crippen MR) is 36.0 cm³/mol. The summed E-state index contributed by atoms with van der Waals surface area (Å²) in [6, 6.07) is 0.0992. The third-order valence-electron chi connectivity index (χ3n) is 1.94. The van der Waals surface area contributed by atoms with Gasteiger partial charge in [-0.05, 0) is 32.1 Å². The van der Waals surface area contributed by atoms with Gasteiger partial charge in [0.1, 0.15) is 0 Å². The van der Waals surface area contributed by atoms with Crippen LogP contribution in [-0.4, -0.2) is 17.3 Å². The Morgan fingerprint density at radius 1 is 1.11 bits per heavy atom. The highest BCUT2D eigenvalue weighted by molar-refractivity contribution is 4.69. The molecule has 0 amide bonds. The summed E-state index contributed by atoms with van der Waals surface area (Å²) >= 11 is 0. The van der Waals surface area contributed by atoms with Crippen molar-refractivity contribution < 1.29 is 5.11 Å². The Kier molecular flexibility index (Phi) is 2.49. The zero-order chi connectivity index (χ0) is 6.69. The lowest BCUT2D eigenvalue weighted by molar-refractivity contribution is 0.157. The number of hydrogen-bond donors (Lipinski definition) is 1. The van der Waals surface area contributed by atoms with Gasteiger partial charge in [-0.1, -0.05) is 0 Å². The molecule has 2 nitrogen and oxygen atoms in total. The Bertz CT molecular complexity index is 75.0. The second kappa shape index (κ2) is 3.18. The van der Waals surface area contributed by atoms with Crippen LogP contribution in [0.1, 0.15) is 32.1 Å². The van der Waals surface area contributed by atoms with Gasteiger partial charge in [0.15, 0.2) is 0 Å². The minimum absolute atomic E-state index is 0.0992. The quantitative estimate of drug-likeness (QED) is 0.485. The van der Waals surface area contributed by atoms with Crippen LogP contribution in [0.5, 0.6) is 0 Å². The first-order valence-electron chi connectivity index (χ1n) is 3.68. The maximum absolute atomic E-state index is 9.12. The van der Waals surface area contributed by atoms with Crippen LogP contribution in [0.15, 0.2) is 0 Å². The Balaban J connectivity index is 2.25. The standard InChI is InChI=1S/C7H14NO/c8-6-2-1-3-7(9)5-4-6/h6-9H,1-5H2. The van der Waals surface area contributed by atoms with Gasteiger partial charge in [-0.15, -0.1) is 0 Å². The van der Waals surface area contributed by atoms with E-state index in [1.54, 1.807) is 0 Å².